The molecule has 1 aromatic carbocycles. The third-order valence-corrected chi connectivity index (χ3v) is 5.71. The minimum Gasteiger partial charge on any atom is -0.493 e. The number of rotatable bonds is 8. The summed E-state index contributed by atoms with van der Waals surface area (Å²) in [5, 5.41) is 8.83. The maximum atomic E-state index is 5.47. The molecule has 10 heteroatoms. The Morgan fingerprint density at radius 3 is 2.36 bits per heavy atom. The lowest BCUT2D eigenvalue weighted by atomic mass is 10.2. The van der Waals surface area contributed by atoms with Crippen LogP contribution in [0.4, 0.5) is 11.8 Å². The summed E-state index contributed by atoms with van der Waals surface area (Å²) >= 11 is 0. The lowest BCUT2D eigenvalue weighted by Gasteiger charge is -2.14. The standard InChI is InChI=1S/C23H27N7O3/c1-13(2)30-22-16(10-25-30)20(14-6-7-14)27-23(28-22)26-19-11-29(12-24-19)15-8-17(31-3)21(33-5)18(9-15)32-4/h8-14H,6-7H2,1-5H3,(H,26,27,28). The molecule has 0 spiro atoms. The Balaban J connectivity index is 1.49. The molecule has 0 radical (unpaired) electrons. The number of nitrogens with zero attached hydrogens (tertiary/aromatic N) is 6. The molecule has 0 unspecified atom stereocenters. The van der Waals surface area contributed by atoms with Gasteiger partial charge >= 0.3 is 0 Å². The minimum atomic E-state index is 0.205. The van der Waals surface area contributed by atoms with Gasteiger partial charge in [-0.3, -0.25) is 0 Å². The van der Waals surface area contributed by atoms with Gasteiger partial charge in [-0.25, -0.2) is 14.6 Å². The Morgan fingerprint density at radius 1 is 1.03 bits per heavy atom. The van der Waals surface area contributed by atoms with Crippen LogP contribution < -0.4 is 19.5 Å². The van der Waals surface area contributed by atoms with Crippen molar-refractivity contribution in [1.82, 2.24) is 29.3 Å². The summed E-state index contributed by atoms with van der Waals surface area (Å²) in [7, 11) is 4.76. The zero-order chi connectivity index (χ0) is 23.1. The van der Waals surface area contributed by atoms with Crippen LogP contribution in [0.25, 0.3) is 16.7 Å². The van der Waals surface area contributed by atoms with E-state index in [4.69, 9.17) is 24.2 Å². The van der Waals surface area contributed by atoms with E-state index in [2.05, 4.69) is 29.2 Å². The molecule has 0 saturated heterocycles. The van der Waals surface area contributed by atoms with Gasteiger partial charge in [0.05, 0.1) is 50.5 Å². The van der Waals surface area contributed by atoms with Crippen LogP contribution in [-0.2, 0) is 0 Å². The average Bonchev–Trinajstić information content (AvgIpc) is 3.41. The number of benzene rings is 1. The normalized spacial score (nSPS) is 13.5. The molecule has 0 bridgehead atoms. The monoisotopic (exact) mass is 449 g/mol. The van der Waals surface area contributed by atoms with Crippen molar-refractivity contribution in [3.63, 3.8) is 0 Å². The Morgan fingerprint density at radius 2 is 1.76 bits per heavy atom. The zero-order valence-corrected chi connectivity index (χ0v) is 19.4. The van der Waals surface area contributed by atoms with Gasteiger partial charge in [-0.2, -0.15) is 10.1 Å². The van der Waals surface area contributed by atoms with Crippen LogP contribution in [0.15, 0.2) is 30.9 Å². The van der Waals surface area contributed by atoms with Crippen LogP contribution in [0.2, 0.25) is 0 Å². The van der Waals surface area contributed by atoms with Gasteiger partial charge < -0.3 is 24.1 Å². The van der Waals surface area contributed by atoms with Crippen molar-refractivity contribution in [2.75, 3.05) is 26.6 Å². The highest BCUT2D eigenvalue weighted by molar-refractivity contribution is 5.80. The van der Waals surface area contributed by atoms with Gasteiger partial charge in [-0.1, -0.05) is 0 Å². The van der Waals surface area contributed by atoms with Crippen LogP contribution in [-0.4, -0.2) is 50.6 Å². The van der Waals surface area contributed by atoms with Crippen LogP contribution in [0, 0.1) is 0 Å². The predicted molar refractivity (Wildman–Crippen MR) is 124 cm³/mol. The number of hydrogen-bond acceptors (Lipinski definition) is 8. The molecule has 0 amide bonds. The van der Waals surface area contributed by atoms with Gasteiger partial charge in [0.2, 0.25) is 11.7 Å². The molecular formula is C23H27N7O3. The number of ether oxygens (including phenoxy) is 3. The Kier molecular flexibility index (Phi) is 5.27. The van der Waals surface area contributed by atoms with E-state index in [0.29, 0.717) is 34.9 Å². The van der Waals surface area contributed by atoms with Crippen molar-refractivity contribution in [3.05, 3.63) is 36.5 Å². The number of imidazole rings is 1. The minimum absolute atomic E-state index is 0.205. The average molecular weight is 450 g/mol. The third kappa shape index (κ3) is 3.81. The van der Waals surface area contributed by atoms with Gasteiger partial charge in [-0.05, 0) is 26.7 Å². The Labute approximate surface area is 191 Å². The zero-order valence-electron chi connectivity index (χ0n) is 19.4. The molecule has 1 N–H and O–H groups in total. The van der Waals surface area contributed by atoms with E-state index in [1.807, 2.05) is 33.8 Å². The number of aromatic nitrogens is 6. The highest BCUT2D eigenvalue weighted by Gasteiger charge is 2.29. The van der Waals surface area contributed by atoms with E-state index in [0.717, 1.165) is 35.3 Å². The number of hydrogen-bond donors (Lipinski definition) is 1. The molecule has 0 atom stereocenters. The Bertz CT molecular complexity index is 1280. The third-order valence-electron chi connectivity index (χ3n) is 5.71. The SMILES string of the molecule is COc1cc(-n2cnc(Nc3nc(C4CC4)c4cnn(C(C)C)c4n3)c2)cc(OC)c1OC. The van der Waals surface area contributed by atoms with Crippen molar-refractivity contribution in [1.29, 1.82) is 0 Å². The summed E-state index contributed by atoms with van der Waals surface area (Å²) in [6.07, 6.45) is 7.75. The first kappa shape index (κ1) is 21.0. The summed E-state index contributed by atoms with van der Waals surface area (Å²) in [6.45, 7) is 4.19. The first-order valence-corrected chi connectivity index (χ1v) is 10.9. The molecule has 1 fully saturated rings. The fourth-order valence-corrected chi connectivity index (χ4v) is 3.91. The molecule has 3 aromatic heterocycles. The van der Waals surface area contributed by atoms with E-state index in [9.17, 15) is 0 Å². The largest absolute Gasteiger partial charge is 0.493 e. The molecule has 172 valence electrons. The van der Waals surface area contributed by atoms with E-state index in [1.54, 1.807) is 27.7 Å². The van der Waals surface area contributed by atoms with Crippen LogP contribution in [0.5, 0.6) is 17.2 Å². The van der Waals surface area contributed by atoms with Crippen LogP contribution >= 0.6 is 0 Å². The van der Waals surface area contributed by atoms with Crippen LogP contribution in [0.1, 0.15) is 44.3 Å². The van der Waals surface area contributed by atoms with E-state index < -0.39 is 0 Å². The first-order valence-electron chi connectivity index (χ1n) is 10.9. The predicted octanol–water partition coefficient (Wildman–Crippen LogP) is 4.24. The van der Waals surface area contributed by atoms with Crippen molar-refractivity contribution < 1.29 is 14.2 Å². The molecule has 4 aromatic rings. The summed E-state index contributed by atoms with van der Waals surface area (Å²) in [5.74, 6) is 3.29. The highest BCUT2D eigenvalue weighted by Crippen LogP contribution is 2.42. The second-order valence-electron chi connectivity index (χ2n) is 8.30. The van der Waals surface area contributed by atoms with Gasteiger partial charge in [0.15, 0.2) is 23.0 Å². The quantitative estimate of drug-likeness (QED) is 0.426. The molecule has 0 aliphatic heterocycles. The summed E-state index contributed by atoms with van der Waals surface area (Å²) in [5.41, 5.74) is 2.71. The van der Waals surface area contributed by atoms with Crippen molar-refractivity contribution >= 4 is 22.8 Å². The Hall–Kier alpha value is -3.82. The number of anilines is 2. The van der Waals surface area contributed by atoms with Gasteiger partial charge in [0.1, 0.15) is 6.33 Å². The first-order chi connectivity index (χ1) is 16.0. The lowest BCUT2D eigenvalue weighted by molar-refractivity contribution is 0.324. The fraction of sp³-hybridized carbons (Fsp3) is 0.391. The van der Waals surface area contributed by atoms with E-state index in [1.165, 1.54) is 0 Å². The maximum Gasteiger partial charge on any atom is 0.230 e. The lowest BCUT2D eigenvalue weighted by Crippen LogP contribution is -2.06. The number of fused-ring (bicyclic) bond motifs is 1. The molecule has 1 saturated carbocycles. The van der Waals surface area contributed by atoms with Crippen molar-refractivity contribution in [3.8, 4) is 22.9 Å². The van der Waals surface area contributed by atoms with Crippen molar-refractivity contribution in [2.45, 2.75) is 38.6 Å². The topological polar surface area (TPSA) is 101 Å². The molecular weight excluding hydrogens is 422 g/mol. The summed E-state index contributed by atoms with van der Waals surface area (Å²) in [6, 6.07) is 3.93. The van der Waals surface area contributed by atoms with Crippen molar-refractivity contribution in [2.24, 2.45) is 0 Å². The van der Waals surface area contributed by atoms with Gasteiger partial charge in [0.25, 0.3) is 0 Å². The van der Waals surface area contributed by atoms with Gasteiger partial charge in [0, 0.05) is 24.1 Å². The van der Waals surface area contributed by atoms with Gasteiger partial charge in [-0.15, -0.1) is 0 Å². The highest BCUT2D eigenvalue weighted by atomic mass is 16.5. The molecule has 10 nitrogen and oxygen atoms in total. The number of nitrogens with one attached hydrogen (secondary N) is 1. The molecule has 5 rings (SSSR count). The summed E-state index contributed by atoms with van der Waals surface area (Å²) in [4.78, 5) is 14.1. The second kappa shape index (κ2) is 8.27. The molecule has 3 heterocycles. The molecule has 1 aliphatic carbocycles. The van der Waals surface area contributed by atoms with E-state index in [-0.39, 0.29) is 6.04 Å². The smallest absolute Gasteiger partial charge is 0.230 e. The summed E-state index contributed by atoms with van der Waals surface area (Å²) < 4.78 is 20.1. The van der Waals surface area contributed by atoms with Crippen LogP contribution in [0.3, 0.4) is 0 Å². The fourth-order valence-electron chi connectivity index (χ4n) is 3.91. The van der Waals surface area contributed by atoms with E-state index >= 15 is 0 Å². The second-order valence-corrected chi connectivity index (χ2v) is 8.30. The molecule has 1 aliphatic rings. The molecule has 33 heavy (non-hydrogen) atoms. The number of methoxy groups -OCH3 is 3. The maximum absolute atomic E-state index is 5.47.